The van der Waals surface area contributed by atoms with Crippen LogP contribution >= 0.6 is 11.6 Å². The van der Waals surface area contributed by atoms with Crippen molar-refractivity contribution >= 4 is 17.6 Å². The average Bonchev–Trinajstić information content (AvgIpc) is 2.42. The molecular weight excluding hydrogens is 290 g/mol. The van der Waals surface area contributed by atoms with Crippen molar-refractivity contribution in [2.24, 2.45) is 5.92 Å². The fourth-order valence-electron chi connectivity index (χ4n) is 2.59. The van der Waals surface area contributed by atoms with E-state index in [-0.39, 0.29) is 12.0 Å². The van der Waals surface area contributed by atoms with Crippen molar-refractivity contribution in [2.75, 3.05) is 13.1 Å². The summed E-state index contributed by atoms with van der Waals surface area (Å²) in [5.74, 6) is -0.153. The molecule has 1 aliphatic heterocycles. The number of hydrogen-bond acceptors (Lipinski definition) is 3. The molecule has 1 fully saturated rings. The van der Waals surface area contributed by atoms with Crippen LogP contribution in [0.5, 0.6) is 5.75 Å². The highest BCUT2D eigenvalue weighted by Crippen LogP contribution is 2.27. The highest BCUT2D eigenvalue weighted by atomic mass is 35.5. The van der Waals surface area contributed by atoms with Gasteiger partial charge < -0.3 is 9.84 Å². The van der Waals surface area contributed by atoms with E-state index >= 15 is 0 Å². The molecule has 0 bridgehead atoms. The van der Waals surface area contributed by atoms with Gasteiger partial charge in [-0.15, -0.1) is 0 Å². The van der Waals surface area contributed by atoms with Crippen molar-refractivity contribution in [2.45, 2.75) is 39.3 Å². The Hall–Kier alpha value is -1.26. The second kappa shape index (κ2) is 7.14. The number of benzene rings is 1. The Balaban J connectivity index is 1.92. The largest absolute Gasteiger partial charge is 0.489 e. The molecule has 0 aliphatic carbocycles. The van der Waals surface area contributed by atoms with Gasteiger partial charge in [-0.25, -0.2) is 0 Å². The van der Waals surface area contributed by atoms with Gasteiger partial charge in [-0.1, -0.05) is 17.7 Å². The molecular formula is C16H22ClNO3. The Morgan fingerprint density at radius 1 is 1.43 bits per heavy atom. The summed E-state index contributed by atoms with van der Waals surface area (Å²) in [6.07, 6.45) is 1.54. The SMILES string of the molecule is CC(C)Oc1ccc(CN2CCC(C(=O)O)CC2)cc1Cl. The second-order valence-corrected chi connectivity index (χ2v) is 6.23. The number of piperidine rings is 1. The lowest BCUT2D eigenvalue weighted by Gasteiger charge is -2.30. The van der Waals surface area contributed by atoms with Crippen LogP contribution in [0.3, 0.4) is 0 Å². The Morgan fingerprint density at radius 3 is 2.62 bits per heavy atom. The molecule has 1 saturated heterocycles. The first kappa shape index (κ1) is 16.1. The standard InChI is InChI=1S/C16H22ClNO3/c1-11(2)21-15-4-3-12(9-14(15)17)10-18-7-5-13(6-8-18)16(19)20/h3-4,9,11,13H,5-8,10H2,1-2H3,(H,19,20). The number of halogens is 1. The number of aliphatic carboxylic acids is 1. The molecule has 4 nitrogen and oxygen atoms in total. The van der Waals surface area contributed by atoms with E-state index in [0.717, 1.165) is 38.0 Å². The predicted molar refractivity (Wildman–Crippen MR) is 82.9 cm³/mol. The number of ether oxygens (including phenoxy) is 1. The molecule has 1 aromatic rings. The minimum Gasteiger partial charge on any atom is -0.489 e. The molecule has 116 valence electrons. The van der Waals surface area contributed by atoms with Crippen molar-refractivity contribution < 1.29 is 14.6 Å². The highest BCUT2D eigenvalue weighted by molar-refractivity contribution is 6.32. The van der Waals surface area contributed by atoms with Gasteiger partial charge in [0.1, 0.15) is 5.75 Å². The van der Waals surface area contributed by atoms with E-state index < -0.39 is 5.97 Å². The Labute approximate surface area is 130 Å². The van der Waals surface area contributed by atoms with E-state index in [4.69, 9.17) is 21.4 Å². The van der Waals surface area contributed by atoms with Crippen LogP contribution in [0.15, 0.2) is 18.2 Å². The number of carboxylic acids is 1. The third-order valence-electron chi connectivity index (χ3n) is 3.70. The fourth-order valence-corrected chi connectivity index (χ4v) is 2.84. The number of nitrogens with zero attached hydrogens (tertiary/aromatic N) is 1. The lowest BCUT2D eigenvalue weighted by molar-refractivity contribution is -0.143. The number of hydrogen-bond donors (Lipinski definition) is 1. The summed E-state index contributed by atoms with van der Waals surface area (Å²) < 4.78 is 5.62. The van der Waals surface area contributed by atoms with Crippen molar-refractivity contribution in [3.05, 3.63) is 28.8 Å². The average molecular weight is 312 g/mol. The molecule has 2 rings (SSSR count). The maximum Gasteiger partial charge on any atom is 0.306 e. The lowest BCUT2D eigenvalue weighted by atomic mass is 9.97. The fraction of sp³-hybridized carbons (Fsp3) is 0.562. The zero-order valence-corrected chi connectivity index (χ0v) is 13.3. The molecule has 0 saturated carbocycles. The van der Waals surface area contributed by atoms with Gasteiger partial charge in [-0.3, -0.25) is 9.69 Å². The summed E-state index contributed by atoms with van der Waals surface area (Å²) in [7, 11) is 0. The minimum atomic E-state index is -0.673. The van der Waals surface area contributed by atoms with Crippen molar-refractivity contribution in [1.29, 1.82) is 0 Å². The van der Waals surface area contributed by atoms with E-state index in [1.54, 1.807) is 0 Å². The first-order valence-corrected chi connectivity index (χ1v) is 7.73. The highest BCUT2D eigenvalue weighted by Gasteiger charge is 2.24. The molecule has 0 radical (unpaired) electrons. The first-order chi connectivity index (χ1) is 9.95. The van der Waals surface area contributed by atoms with Crippen LogP contribution in [0, 0.1) is 5.92 Å². The number of carbonyl (C=O) groups is 1. The maximum absolute atomic E-state index is 10.9. The molecule has 0 unspecified atom stereocenters. The van der Waals surface area contributed by atoms with Gasteiger partial charge in [-0.05, 0) is 57.5 Å². The summed E-state index contributed by atoms with van der Waals surface area (Å²) in [6.45, 7) is 6.37. The van der Waals surface area contributed by atoms with Gasteiger partial charge >= 0.3 is 5.97 Å². The van der Waals surface area contributed by atoms with Crippen LogP contribution in [0.1, 0.15) is 32.3 Å². The molecule has 0 amide bonds. The molecule has 21 heavy (non-hydrogen) atoms. The topological polar surface area (TPSA) is 49.8 Å². The van der Waals surface area contributed by atoms with Gasteiger partial charge in [0.25, 0.3) is 0 Å². The van der Waals surface area contributed by atoms with Crippen molar-refractivity contribution in [3.63, 3.8) is 0 Å². The number of likely N-dealkylation sites (tertiary alicyclic amines) is 1. The third kappa shape index (κ3) is 4.61. The van der Waals surface area contributed by atoms with Gasteiger partial charge in [-0.2, -0.15) is 0 Å². The zero-order chi connectivity index (χ0) is 15.4. The lowest BCUT2D eigenvalue weighted by Crippen LogP contribution is -2.35. The Kier molecular flexibility index (Phi) is 5.48. The molecule has 0 aromatic heterocycles. The van der Waals surface area contributed by atoms with Crippen LogP contribution in [0.4, 0.5) is 0 Å². The van der Waals surface area contributed by atoms with Gasteiger partial charge in [0, 0.05) is 6.54 Å². The quantitative estimate of drug-likeness (QED) is 0.905. The molecule has 1 N–H and O–H groups in total. The molecule has 1 aromatic carbocycles. The maximum atomic E-state index is 10.9. The molecule has 0 atom stereocenters. The molecule has 5 heteroatoms. The van der Waals surface area contributed by atoms with Crippen LogP contribution in [0.25, 0.3) is 0 Å². The van der Waals surface area contributed by atoms with E-state index in [9.17, 15) is 4.79 Å². The smallest absolute Gasteiger partial charge is 0.306 e. The summed E-state index contributed by atoms with van der Waals surface area (Å²) in [5.41, 5.74) is 1.13. The molecule has 1 aliphatic rings. The monoisotopic (exact) mass is 311 g/mol. The van der Waals surface area contributed by atoms with Crippen LogP contribution < -0.4 is 4.74 Å². The second-order valence-electron chi connectivity index (χ2n) is 5.82. The number of carboxylic acid groups (broad SMARTS) is 1. The van der Waals surface area contributed by atoms with E-state index in [0.29, 0.717) is 10.8 Å². The Morgan fingerprint density at radius 2 is 2.10 bits per heavy atom. The minimum absolute atomic E-state index is 0.100. The van der Waals surface area contributed by atoms with Gasteiger partial charge in [0.05, 0.1) is 17.0 Å². The summed E-state index contributed by atoms with van der Waals surface area (Å²) in [5, 5.41) is 9.63. The van der Waals surface area contributed by atoms with Crippen LogP contribution in [-0.4, -0.2) is 35.2 Å². The zero-order valence-electron chi connectivity index (χ0n) is 12.5. The van der Waals surface area contributed by atoms with Crippen molar-refractivity contribution in [1.82, 2.24) is 4.90 Å². The van der Waals surface area contributed by atoms with E-state index in [1.165, 1.54) is 0 Å². The molecule has 1 heterocycles. The Bertz CT molecular complexity index is 496. The predicted octanol–water partition coefficient (Wildman–Crippen LogP) is 3.42. The first-order valence-electron chi connectivity index (χ1n) is 7.36. The van der Waals surface area contributed by atoms with Gasteiger partial charge in [0.15, 0.2) is 0 Å². The van der Waals surface area contributed by atoms with Crippen LogP contribution in [0.2, 0.25) is 5.02 Å². The summed E-state index contributed by atoms with van der Waals surface area (Å²) in [4.78, 5) is 13.2. The van der Waals surface area contributed by atoms with E-state index in [2.05, 4.69) is 4.90 Å². The van der Waals surface area contributed by atoms with Crippen molar-refractivity contribution in [3.8, 4) is 5.75 Å². The molecule has 0 spiro atoms. The summed E-state index contributed by atoms with van der Waals surface area (Å²) >= 11 is 6.23. The number of rotatable bonds is 5. The normalized spacial score (nSPS) is 17.1. The van der Waals surface area contributed by atoms with E-state index in [1.807, 2.05) is 32.0 Å². The summed E-state index contributed by atoms with van der Waals surface area (Å²) in [6, 6.07) is 5.86. The van der Waals surface area contributed by atoms with Gasteiger partial charge in [0.2, 0.25) is 0 Å². The third-order valence-corrected chi connectivity index (χ3v) is 4.00. The van der Waals surface area contributed by atoms with Crippen LogP contribution in [-0.2, 0) is 11.3 Å².